The number of rotatable bonds is 7. The molecule has 2 N–H and O–H groups in total. The minimum absolute atomic E-state index is 0.0229. The SMILES string of the molecule is CCCCC(=O)N1CCC(N2CCN(C(=O)c3c(NC(=O)NCC)sc4ccccc34)CC2)CC1. The van der Waals surface area contributed by atoms with Gasteiger partial charge in [0.25, 0.3) is 5.91 Å². The molecule has 0 saturated carbocycles. The van der Waals surface area contributed by atoms with Crippen molar-refractivity contribution in [1.82, 2.24) is 20.0 Å². The van der Waals surface area contributed by atoms with Crippen molar-refractivity contribution >= 4 is 44.3 Å². The molecular formula is C26H37N5O3S. The van der Waals surface area contributed by atoms with E-state index in [0.717, 1.165) is 61.9 Å². The third kappa shape index (κ3) is 5.95. The number of nitrogens with one attached hydrogen (secondary N) is 2. The molecule has 2 saturated heterocycles. The van der Waals surface area contributed by atoms with Gasteiger partial charge in [-0.25, -0.2) is 4.79 Å². The van der Waals surface area contributed by atoms with Gasteiger partial charge in [0.2, 0.25) is 5.91 Å². The predicted octanol–water partition coefficient (Wildman–Crippen LogP) is 3.98. The molecule has 2 fully saturated rings. The van der Waals surface area contributed by atoms with Gasteiger partial charge in [0.05, 0.1) is 5.56 Å². The number of thiophene rings is 1. The minimum Gasteiger partial charge on any atom is -0.343 e. The summed E-state index contributed by atoms with van der Waals surface area (Å²) in [5.41, 5.74) is 0.587. The molecule has 0 atom stereocenters. The van der Waals surface area contributed by atoms with E-state index < -0.39 is 0 Å². The van der Waals surface area contributed by atoms with E-state index in [1.165, 1.54) is 11.3 Å². The van der Waals surface area contributed by atoms with Crippen molar-refractivity contribution in [3.63, 3.8) is 0 Å². The van der Waals surface area contributed by atoms with Gasteiger partial charge in [-0.2, -0.15) is 0 Å². The van der Waals surface area contributed by atoms with Gasteiger partial charge in [0.1, 0.15) is 5.00 Å². The smallest absolute Gasteiger partial charge is 0.319 e. The highest BCUT2D eigenvalue weighted by molar-refractivity contribution is 7.23. The Morgan fingerprint density at radius 3 is 2.37 bits per heavy atom. The van der Waals surface area contributed by atoms with Crippen LogP contribution in [0.4, 0.5) is 9.80 Å². The normalized spacial score (nSPS) is 17.5. The predicted molar refractivity (Wildman–Crippen MR) is 141 cm³/mol. The van der Waals surface area contributed by atoms with Crippen LogP contribution in [0.5, 0.6) is 0 Å². The number of hydrogen-bond donors (Lipinski definition) is 2. The summed E-state index contributed by atoms with van der Waals surface area (Å²) in [5.74, 6) is 0.269. The topological polar surface area (TPSA) is 85.0 Å². The summed E-state index contributed by atoms with van der Waals surface area (Å²) in [6, 6.07) is 7.99. The first-order chi connectivity index (χ1) is 17.0. The van der Waals surface area contributed by atoms with Crippen molar-refractivity contribution in [2.24, 2.45) is 0 Å². The Kier molecular flexibility index (Phi) is 8.62. The molecule has 0 radical (unpaired) electrons. The first kappa shape index (κ1) is 25.4. The Hall–Kier alpha value is -2.65. The van der Waals surface area contributed by atoms with Gasteiger partial charge < -0.3 is 15.1 Å². The number of fused-ring (bicyclic) bond motifs is 1. The molecule has 2 aliphatic heterocycles. The summed E-state index contributed by atoms with van der Waals surface area (Å²) in [7, 11) is 0. The van der Waals surface area contributed by atoms with E-state index in [9.17, 15) is 14.4 Å². The number of carbonyl (C=O) groups is 3. The standard InChI is InChI=1S/C26H37N5O3S/c1-3-5-10-22(32)30-13-11-19(12-14-30)29-15-17-31(18-16-29)25(33)23-20-8-6-7-9-21(20)35-24(23)28-26(34)27-4-2/h6-9,19H,3-5,10-18H2,1-2H3,(H2,27,28,34). The van der Waals surface area contributed by atoms with Gasteiger partial charge in [-0.15, -0.1) is 11.3 Å². The molecule has 190 valence electrons. The number of carbonyl (C=O) groups excluding carboxylic acids is 3. The lowest BCUT2D eigenvalue weighted by Gasteiger charge is -2.42. The molecule has 1 aromatic carbocycles. The molecule has 3 heterocycles. The monoisotopic (exact) mass is 499 g/mol. The van der Waals surface area contributed by atoms with Gasteiger partial charge in [-0.1, -0.05) is 31.5 Å². The highest BCUT2D eigenvalue weighted by atomic mass is 32.1. The number of nitrogens with zero attached hydrogens (tertiary/aromatic N) is 3. The Morgan fingerprint density at radius 2 is 1.69 bits per heavy atom. The highest BCUT2D eigenvalue weighted by Crippen LogP contribution is 2.36. The molecular weight excluding hydrogens is 462 g/mol. The van der Waals surface area contributed by atoms with E-state index in [1.54, 1.807) is 0 Å². The lowest BCUT2D eigenvalue weighted by molar-refractivity contribution is -0.133. The van der Waals surface area contributed by atoms with Crippen molar-refractivity contribution in [2.45, 2.75) is 52.0 Å². The average molecular weight is 500 g/mol. The van der Waals surface area contributed by atoms with Crippen LogP contribution in [0.15, 0.2) is 24.3 Å². The number of piperazine rings is 1. The van der Waals surface area contributed by atoms with E-state index in [4.69, 9.17) is 0 Å². The van der Waals surface area contributed by atoms with Crippen molar-refractivity contribution in [1.29, 1.82) is 0 Å². The number of anilines is 1. The van der Waals surface area contributed by atoms with Gasteiger partial charge >= 0.3 is 6.03 Å². The first-order valence-electron chi connectivity index (χ1n) is 12.9. The molecule has 1 aromatic heterocycles. The molecule has 4 amide bonds. The molecule has 8 nitrogen and oxygen atoms in total. The molecule has 0 aliphatic carbocycles. The summed E-state index contributed by atoms with van der Waals surface area (Å²) in [6.45, 7) is 9.18. The summed E-state index contributed by atoms with van der Waals surface area (Å²) >= 11 is 1.44. The fourth-order valence-corrected chi connectivity index (χ4v) is 6.16. The number of benzene rings is 1. The van der Waals surface area contributed by atoms with Crippen LogP contribution in [0, 0.1) is 0 Å². The summed E-state index contributed by atoms with van der Waals surface area (Å²) < 4.78 is 0.988. The largest absolute Gasteiger partial charge is 0.343 e. The number of urea groups is 1. The minimum atomic E-state index is -0.294. The van der Waals surface area contributed by atoms with E-state index >= 15 is 0 Å². The van der Waals surface area contributed by atoms with Crippen LogP contribution in [0.1, 0.15) is 56.3 Å². The van der Waals surface area contributed by atoms with E-state index in [1.807, 2.05) is 41.0 Å². The molecule has 0 bridgehead atoms. The Bertz CT molecular complexity index is 1040. The maximum Gasteiger partial charge on any atom is 0.319 e. The lowest BCUT2D eigenvalue weighted by atomic mass is 10.0. The fraction of sp³-hybridized carbons (Fsp3) is 0.577. The van der Waals surface area contributed by atoms with Crippen LogP contribution in [0.2, 0.25) is 0 Å². The molecule has 9 heteroatoms. The fourth-order valence-electron chi connectivity index (χ4n) is 5.07. The zero-order valence-corrected chi connectivity index (χ0v) is 21.7. The zero-order chi connectivity index (χ0) is 24.8. The average Bonchev–Trinajstić information content (AvgIpc) is 3.24. The molecule has 2 aliphatic rings. The summed E-state index contributed by atoms with van der Waals surface area (Å²) in [6.07, 6.45) is 4.68. The van der Waals surface area contributed by atoms with Gasteiger partial charge in [-0.3, -0.25) is 19.8 Å². The van der Waals surface area contributed by atoms with Gasteiger partial charge in [-0.05, 0) is 32.3 Å². The maximum absolute atomic E-state index is 13.6. The third-order valence-corrected chi connectivity index (χ3v) is 8.14. The van der Waals surface area contributed by atoms with Crippen LogP contribution in [0.25, 0.3) is 10.1 Å². The second-order valence-electron chi connectivity index (χ2n) is 9.33. The van der Waals surface area contributed by atoms with Crippen molar-refractivity contribution in [3.8, 4) is 0 Å². The molecule has 35 heavy (non-hydrogen) atoms. The zero-order valence-electron chi connectivity index (χ0n) is 20.8. The Labute approximate surface area is 211 Å². The van der Waals surface area contributed by atoms with Gasteiger partial charge in [0, 0.05) is 68.4 Å². The number of amides is 4. The lowest BCUT2D eigenvalue weighted by Crippen LogP contribution is -2.54. The molecule has 2 aromatic rings. The molecule has 4 rings (SSSR count). The van der Waals surface area contributed by atoms with E-state index in [2.05, 4.69) is 22.5 Å². The van der Waals surface area contributed by atoms with Crippen LogP contribution in [-0.4, -0.2) is 84.4 Å². The summed E-state index contributed by atoms with van der Waals surface area (Å²) in [5, 5.41) is 7.12. The number of likely N-dealkylation sites (tertiary alicyclic amines) is 1. The number of unbranched alkanes of at least 4 members (excludes halogenated alkanes) is 1. The Balaban J connectivity index is 1.37. The van der Waals surface area contributed by atoms with Crippen LogP contribution in [-0.2, 0) is 4.79 Å². The van der Waals surface area contributed by atoms with Crippen molar-refractivity contribution in [2.75, 3.05) is 51.1 Å². The molecule has 0 unspecified atom stereocenters. The quantitative estimate of drug-likeness (QED) is 0.604. The first-order valence-corrected chi connectivity index (χ1v) is 13.7. The maximum atomic E-state index is 13.6. The van der Waals surface area contributed by atoms with Gasteiger partial charge in [0.15, 0.2) is 0 Å². The van der Waals surface area contributed by atoms with Crippen LogP contribution < -0.4 is 10.6 Å². The van der Waals surface area contributed by atoms with Crippen molar-refractivity contribution < 1.29 is 14.4 Å². The number of piperidine rings is 1. The second-order valence-corrected chi connectivity index (χ2v) is 10.4. The van der Waals surface area contributed by atoms with E-state index in [0.29, 0.717) is 48.6 Å². The highest BCUT2D eigenvalue weighted by Gasteiger charge is 2.32. The third-order valence-electron chi connectivity index (χ3n) is 7.05. The van der Waals surface area contributed by atoms with Crippen LogP contribution in [0.3, 0.4) is 0 Å². The molecule has 0 spiro atoms. The number of hydrogen-bond acceptors (Lipinski definition) is 5. The van der Waals surface area contributed by atoms with Crippen LogP contribution >= 0.6 is 11.3 Å². The second kappa shape index (κ2) is 11.9. The Morgan fingerprint density at radius 1 is 0.971 bits per heavy atom. The summed E-state index contributed by atoms with van der Waals surface area (Å²) in [4.78, 5) is 44.6. The van der Waals surface area contributed by atoms with Crippen molar-refractivity contribution in [3.05, 3.63) is 29.8 Å². The van der Waals surface area contributed by atoms with E-state index in [-0.39, 0.29) is 11.9 Å².